The Morgan fingerprint density at radius 3 is 2.58 bits per heavy atom. The minimum atomic E-state index is -1.17. The van der Waals surface area contributed by atoms with Gasteiger partial charge in [0.15, 0.2) is 5.78 Å². The summed E-state index contributed by atoms with van der Waals surface area (Å²) in [6.07, 6.45) is 1.94. The van der Waals surface area contributed by atoms with E-state index in [0.29, 0.717) is 17.9 Å². The molecule has 208 valence electrons. The normalized spacial score (nSPS) is 27.3. The Kier molecular flexibility index (Phi) is 8.80. The van der Waals surface area contributed by atoms with Crippen molar-refractivity contribution in [2.75, 3.05) is 32.8 Å². The molecule has 4 heterocycles. The Bertz CT molecular complexity index is 1090. The third-order valence-electron chi connectivity index (χ3n) is 7.42. The molecular weight excluding hydrogens is 518 g/mol. The molecule has 0 aromatic carbocycles. The van der Waals surface area contributed by atoms with E-state index in [9.17, 15) is 34.5 Å². The Balaban J connectivity index is 1.41. The summed E-state index contributed by atoms with van der Waals surface area (Å²) in [5.74, 6) is -2.80. The number of β-lactam (4-membered cyclic amide) rings is 1. The Morgan fingerprint density at radius 1 is 1.26 bits per heavy atom. The zero-order valence-electron chi connectivity index (χ0n) is 21.3. The first-order valence-electron chi connectivity index (χ1n) is 12.6. The number of carboxylic acids is 1. The molecule has 1 aromatic heterocycles. The van der Waals surface area contributed by atoms with Crippen molar-refractivity contribution < 1.29 is 34.5 Å². The number of nitrogens with one attached hydrogen (secondary N) is 1. The van der Waals surface area contributed by atoms with Gasteiger partial charge in [-0.3, -0.25) is 14.4 Å². The predicted molar refractivity (Wildman–Crippen MR) is 133 cm³/mol. The summed E-state index contributed by atoms with van der Waals surface area (Å²) in [6, 6.07) is -0.850. The maximum atomic E-state index is 13.1. The standard InChI is InChI=1S/C23H33N7O7S/c1-12(7-14(33)10-29-11-25-26-27-29)17-18-13(2)20(19(23(36)37)30(18)22(17)35)38-15-8-16(24-9-15)21(34)28(3-5-31)4-6-32/h11-13,15-18,24,31-32H,3-10H2,1-2H3,(H,36,37)/t12-,13+,15-,16?,17+,18+/m0/s1. The number of ketones is 1. The number of carbonyl (C=O) groups is 4. The van der Waals surface area contributed by atoms with Crippen LogP contribution in [-0.4, -0.2) is 119 Å². The summed E-state index contributed by atoms with van der Waals surface area (Å²) in [5, 5.41) is 42.2. The average molecular weight is 552 g/mol. The molecule has 0 saturated carbocycles. The fraction of sp³-hybridized carbons (Fsp3) is 0.696. The number of aliphatic hydroxyl groups is 2. The largest absolute Gasteiger partial charge is 0.477 e. The molecule has 0 aliphatic carbocycles. The highest BCUT2D eigenvalue weighted by molar-refractivity contribution is 8.03. The quantitative estimate of drug-likeness (QED) is 0.204. The zero-order valence-corrected chi connectivity index (χ0v) is 22.1. The third kappa shape index (κ3) is 5.46. The lowest BCUT2D eigenvalue weighted by molar-refractivity contribution is -0.160. The second-order valence-electron chi connectivity index (χ2n) is 9.97. The number of aliphatic hydroxyl groups excluding tert-OH is 2. The van der Waals surface area contributed by atoms with Crippen molar-refractivity contribution in [1.82, 2.24) is 35.3 Å². The van der Waals surface area contributed by atoms with Gasteiger partial charge in [-0.15, -0.1) is 16.9 Å². The summed E-state index contributed by atoms with van der Waals surface area (Å²) >= 11 is 1.38. The fourth-order valence-electron chi connectivity index (χ4n) is 5.71. The molecule has 1 unspecified atom stereocenters. The van der Waals surface area contributed by atoms with E-state index >= 15 is 0 Å². The van der Waals surface area contributed by atoms with Gasteiger partial charge in [0.25, 0.3) is 0 Å². The Hall–Kier alpha value is -2.88. The number of hydrogen-bond donors (Lipinski definition) is 4. The van der Waals surface area contributed by atoms with Crippen LogP contribution in [0.25, 0.3) is 0 Å². The number of thioether (sulfide) groups is 1. The van der Waals surface area contributed by atoms with Crippen molar-refractivity contribution in [3.05, 3.63) is 16.9 Å². The minimum absolute atomic E-state index is 0.00448. The van der Waals surface area contributed by atoms with Crippen molar-refractivity contribution in [3.8, 4) is 0 Å². The van der Waals surface area contributed by atoms with Gasteiger partial charge in [0.05, 0.1) is 31.2 Å². The van der Waals surface area contributed by atoms with E-state index in [0.717, 1.165) is 0 Å². The predicted octanol–water partition coefficient (Wildman–Crippen LogP) is -1.68. The second-order valence-corrected chi connectivity index (χ2v) is 11.3. The first-order chi connectivity index (χ1) is 18.2. The number of hydrogen-bond acceptors (Lipinski definition) is 11. The molecule has 6 atom stereocenters. The number of nitrogens with zero attached hydrogens (tertiary/aromatic N) is 6. The van der Waals surface area contributed by atoms with Crippen LogP contribution in [0.15, 0.2) is 16.9 Å². The van der Waals surface area contributed by atoms with Gasteiger partial charge in [-0.05, 0) is 22.8 Å². The van der Waals surface area contributed by atoms with Crippen molar-refractivity contribution in [2.45, 2.75) is 50.6 Å². The van der Waals surface area contributed by atoms with E-state index in [1.165, 1.54) is 32.6 Å². The maximum Gasteiger partial charge on any atom is 0.353 e. The fourth-order valence-corrected chi connectivity index (χ4v) is 7.18. The topological polar surface area (TPSA) is 191 Å². The van der Waals surface area contributed by atoms with Crippen LogP contribution >= 0.6 is 11.8 Å². The number of tetrazole rings is 1. The van der Waals surface area contributed by atoms with Gasteiger partial charge in [0, 0.05) is 42.1 Å². The number of Topliss-reactive ketones (excluding diaryl/α,β-unsaturated/α-hetero) is 1. The number of aromatic nitrogens is 4. The van der Waals surface area contributed by atoms with Crippen LogP contribution in [-0.2, 0) is 25.7 Å². The highest BCUT2D eigenvalue weighted by Crippen LogP contribution is 2.53. The first-order valence-corrected chi connectivity index (χ1v) is 13.5. The molecule has 2 fully saturated rings. The van der Waals surface area contributed by atoms with Crippen molar-refractivity contribution in [3.63, 3.8) is 0 Å². The van der Waals surface area contributed by atoms with Gasteiger partial charge < -0.3 is 30.4 Å². The molecule has 4 rings (SSSR count). The lowest BCUT2D eigenvalue weighted by Gasteiger charge is -2.47. The molecule has 14 nitrogen and oxygen atoms in total. The molecule has 0 radical (unpaired) electrons. The van der Waals surface area contributed by atoms with Crippen LogP contribution in [0.3, 0.4) is 0 Å². The van der Waals surface area contributed by atoms with Crippen LogP contribution in [0, 0.1) is 17.8 Å². The summed E-state index contributed by atoms with van der Waals surface area (Å²) < 4.78 is 1.32. The number of amides is 2. The molecule has 3 aliphatic rings. The molecule has 2 saturated heterocycles. The molecule has 4 N–H and O–H groups in total. The van der Waals surface area contributed by atoms with Crippen LogP contribution in [0.5, 0.6) is 0 Å². The number of carboxylic acid groups (broad SMARTS) is 1. The molecule has 2 amide bonds. The number of fused-ring (bicyclic) bond motifs is 1. The number of rotatable bonds is 13. The van der Waals surface area contributed by atoms with Crippen molar-refractivity contribution >= 4 is 35.3 Å². The summed E-state index contributed by atoms with van der Waals surface area (Å²) in [4.78, 5) is 54.1. The Labute approximate surface area is 223 Å². The van der Waals surface area contributed by atoms with E-state index in [1.54, 1.807) is 0 Å². The number of carbonyl (C=O) groups excluding carboxylic acids is 3. The van der Waals surface area contributed by atoms with Crippen LogP contribution < -0.4 is 5.32 Å². The third-order valence-corrected chi connectivity index (χ3v) is 8.93. The minimum Gasteiger partial charge on any atom is -0.477 e. The van der Waals surface area contributed by atoms with Gasteiger partial charge in [0.1, 0.15) is 18.6 Å². The van der Waals surface area contributed by atoms with E-state index in [4.69, 9.17) is 0 Å². The lowest BCUT2D eigenvalue weighted by Crippen LogP contribution is -2.62. The van der Waals surface area contributed by atoms with Gasteiger partial charge >= 0.3 is 5.97 Å². The summed E-state index contributed by atoms with van der Waals surface area (Å²) in [5.41, 5.74) is -0.0158. The van der Waals surface area contributed by atoms with E-state index in [1.807, 2.05) is 13.8 Å². The molecular formula is C23H33N7O7S. The van der Waals surface area contributed by atoms with Crippen LogP contribution in [0.2, 0.25) is 0 Å². The van der Waals surface area contributed by atoms with E-state index in [-0.39, 0.29) is 85.7 Å². The first kappa shape index (κ1) is 28.1. The highest BCUT2D eigenvalue weighted by atomic mass is 32.2. The zero-order chi connectivity index (χ0) is 27.6. The van der Waals surface area contributed by atoms with E-state index < -0.39 is 17.9 Å². The van der Waals surface area contributed by atoms with Crippen molar-refractivity contribution in [2.24, 2.45) is 17.8 Å². The lowest BCUT2D eigenvalue weighted by atomic mass is 9.73. The van der Waals surface area contributed by atoms with Gasteiger partial charge in [-0.25, -0.2) is 9.48 Å². The Morgan fingerprint density at radius 2 is 1.97 bits per heavy atom. The van der Waals surface area contributed by atoms with Gasteiger partial charge in [0.2, 0.25) is 11.8 Å². The molecule has 38 heavy (non-hydrogen) atoms. The van der Waals surface area contributed by atoms with Crippen LogP contribution in [0.1, 0.15) is 26.7 Å². The molecule has 0 spiro atoms. The highest BCUT2D eigenvalue weighted by Gasteiger charge is 2.60. The average Bonchev–Trinajstić information content (AvgIpc) is 3.59. The van der Waals surface area contributed by atoms with Crippen molar-refractivity contribution in [1.29, 1.82) is 0 Å². The maximum absolute atomic E-state index is 13.1. The van der Waals surface area contributed by atoms with E-state index in [2.05, 4.69) is 20.8 Å². The monoisotopic (exact) mass is 551 g/mol. The summed E-state index contributed by atoms with van der Waals surface area (Å²) in [7, 11) is 0. The van der Waals surface area contributed by atoms with Crippen LogP contribution in [0.4, 0.5) is 0 Å². The molecule has 15 heteroatoms. The smallest absolute Gasteiger partial charge is 0.353 e. The van der Waals surface area contributed by atoms with Gasteiger partial charge in [-0.1, -0.05) is 13.8 Å². The number of aliphatic carboxylic acids is 1. The molecule has 3 aliphatic heterocycles. The SMILES string of the molecule is C[C@@H](CC(=O)Cn1cnnn1)[C@H]1C(=O)N2C(C(=O)O)=C(S[C@@H]3CNC(C(=O)N(CCO)CCO)C3)[C@H](C)[C@H]12. The summed E-state index contributed by atoms with van der Waals surface area (Å²) in [6.45, 7) is 4.03. The molecule has 0 bridgehead atoms. The molecule has 1 aromatic rings. The van der Waals surface area contributed by atoms with Gasteiger partial charge in [-0.2, -0.15) is 0 Å². The second kappa shape index (κ2) is 11.9.